The van der Waals surface area contributed by atoms with Crippen LogP contribution < -0.4 is 14.8 Å². The first-order chi connectivity index (χ1) is 17.2. The van der Waals surface area contributed by atoms with Crippen LogP contribution in [0, 0.1) is 6.92 Å². The third-order valence-corrected chi connectivity index (χ3v) is 7.45. The molecule has 0 bridgehead atoms. The van der Waals surface area contributed by atoms with Gasteiger partial charge in [0.15, 0.2) is 16.8 Å². The van der Waals surface area contributed by atoms with Crippen LogP contribution in [-0.2, 0) is 16.1 Å². The molecule has 0 spiro atoms. The summed E-state index contributed by atoms with van der Waals surface area (Å²) in [4.78, 5) is 37.7. The minimum Gasteiger partial charge on any atom is -0.497 e. The van der Waals surface area contributed by atoms with Crippen molar-refractivity contribution in [2.24, 2.45) is 0 Å². The summed E-state index contributed by atoms with van der Waals surface area (Å²) in [7, 11) is 3.15. The number of thioether (sulfide) groups is 1. The van der Waals surface area contributed by atoms with Gasteiger partial charge in [-0.15, -0.1) is 21.5 Å². The van der Waals surface area contributed by atoms with Crippen LogP contribution in [0.2, 0.25) is 0 Å². The monoisotopic (exact) mass is 532 g/mol. The van der Waals surface area contributed by atoms with Crippen LogP contribution in [-0.4, -0.2) is 59.0 Å². The Hall–Kier alpha value is -3.38. The molecule has 12 heteroatoms. The van der Waals surface area contributed by atoms with Crippen molar-refractivity contribution >= 4 is 45.8 Å². The molecule has 3 rings (SSSR count). The van der Waals surface area contributed by atoms with Crippen molar-refractivity contribution in [3.8, 4) is 22.9 Å². The first kappa shape index (κ1) is 27.2. The number of nitrogens with zero attached hydrogens (tertiary/aromatic N) is 3. The number of esters is 1. The highest BCUT2D eigenvalue weighted by molar-refractivity contribution is 7.99. The van der Waals surface area contributed by atoms with Gasteiger partial charge in [0, 0.05) is 18.2 Å². The molecule has 0 unspecified atom stereocenters. The average molecular weight is 533 g/mol. The van der Waals surface area contributed by atoms with Gasteiger partial charge in [-0.05, 0) is 45.4 Å². The minimum absolute atomic E-state index is 0.0220. The molecule has 0 aliphatic rings. The second-order valence-corrected chi connectivity index (χ2v) is 9.49. The van der Waals surface area contributed by atoms with E-state index in [1.807, 2.05) is 23.6 Å². The number of benzene rings is 1. The summed E-state index contributed by atoms with van der Waals surface area (Å²) >= 11 is 2.28. The molecule has 36 heavy (non-hydrogen) atoms. The number of thiophene rings is 1. The summed E-state index contributed by atoms with van der Waals surface area (Å²) in [5.74, 6) is 0.767. The quantitative estimate of drug-likeness (QED) is 0.217. The van der Waals surface area contributed by atoms with Crippen molar-refractivity contribution in [2.75, 3.05) is 31.9 Å². The van der Waals surface area contributed by atoms with E-state index in [-0.39, 0.29) is 29.6 Å². The van der Waals surface area contributed by atoms with E-state index in [0.29, 0.717) is 44.5 Å². The van der Waals surface area contributed by atoms with Gasteiger partial charge in [-0.2, -0.15) is 0 Å². The van der Waals surface area contributed by atoms with E-state index < -0.39 is 5.97 Å². The van der Waals surface area contributed by atoms with Crippen molar-refractivity contribution in [2.45, 2.75) is 39.4 Å². The fourth-order valence-corrected chi connectivity index (χ4v) is 5.42. The number of nitrogens with one attached hydrogen (secondary N) is 1. The van der Waals surface area contributed by atoms with Crippen LogP contribution in [0.1, 0.15) is 46.4 Å². The number of amides is 1. The van der Waals surface area contributed by atoms with Gasteiger partial charge in [0.05, 0.1) is 37.0 Å². The zero-order chi connectivity index (χ0) is 26.4. The van der Waals surface area contributed by atoms with Crippen LogP contribution in [0.25, 0.3) is 11.4 Å². The van der Waals surface area contributed by atoms with Crippen LogP contribution in [0.3, 0.4) is 0 Å². The maximum atomic E-state index is 12.8. The number of hydrogen-bond acceptors (Lipinski definition) is 10. The van der Waals surface area contributed by atoms with E-state index in [0.717, 1.165) is 16.9 Å². The third-order valence-electron chi connectivity index (χ3n) is 5.17. The Balaban J connectivity index is 1.80. The predicted molar refractivity (Wildman–Crippen MR) is 139 cm³/mol. The molecule has 0 atom stereocenters. The van der Waals surface area contributed by atoms with E-state index in [1.54, 1.807) is 34.1 Å². The van der Waals surface area contributed by atoms with E-state index in [1.165, 1.54) is 18.7 Å². The normalized spacial score (nSPS) is 10.7. The Morgan fingerprint density at radius 3 is 2.31 bits per heavy atom. The Labute approximate surface area is 217 Å². The molecule has 1 amide bonds. The number of hydrogen-bond donors (Lipinski definition) is 1. The molecule has 0 aliphatic heterocycles. The van der Waals surface area contributed by atoms with E-state index in [4.69, 9.17) is 14.2 Å². The number of carbonyl (C=O) groups excluding carboxylic acids is 3. The molecule has 2 aromatic heterocycles. The van der Waals surface area contributed by atoms with E-state index >= 15 is 0 Å². The summed E-state index contributed by atoms with van der Waals surface area (Å²) in [6.07, 6.45) is 0. The number of rotatable bonds is 11. The third kappa shape index (κ3) is 5.88. The van der Waals surface area contributed by atoms with Crippen LogP contribution in [0.4, 0.5) is 5.00 Å². The van der Waals surface area contributed by atoms with Crippen molar-refractivity contribution in [1.29, 1.82) is 0 Å². The molecular weight excluding hydrogens is 504 g/mol. The second kappa shape index (κ2) is 12.0. The van der Waals surface area contributed by atoms with Crippen LogP contribution >= 0.6 is 23.1 Å². The Bertz CT molecular complexity index is 1260. The van der Waals surface area contributed by atoms with Crippen LogP contribution in [0.5, 0.6) is 11.5 Å². The number of methoxy groups -OCH3 is 2. The smallest absolute Gasteiger partial charge is 0.341 e. The maximum absolute atomic E-state index is 12.8. The van der Waals surface area contributed by atoms with Gasteiger partial charge in [0.25, 0.3) is 0 Å². The SMILES string of the molecule is CCOC(=O)c1c(NC(=O)CSc2nnc(-c3cc(OC)cc(OC)c3)n2CC)sc(C(C)=O)c1C. The van der Waals surface area contributed by atoms with Gasteiger partial charge in [0.2, 0.25) is 5.91 Å². The zero-order valence-corrected chi connectivity index (χ0v) is 22.6. The summed E-state index contributed by atoms with van der Waals surface area (Å²) in [5, 5.41) is 12.2. The zero-order valence-electron chi connectivity index (χ0n) is 21.0. The first-order valence-corrected chi connectivity index (χ1v) is 12.9. The Morgan fingerprint density at radius 1 is 1.08 bits per heavy atom. The molecule has 0 saturated carbocycles. The molecule has 10 nitrogen and oxygen atoms in total. The van der Waals surface area contributed by atoms with Crippen molar-refractivity contribution in [1.82, 2.24) is 14.8 Å². The number of carbonyl (C=O) groups is 3. The lowest BCUT2D eigenvalue weighted by Gasteiger charge is -2.10. The molecule has 1 N–H and O–H groups in total. The van der Waals surface area contributed by atoms with E-state index in [9.17, 15) is 14.4 Å². The predicted octanol–water partition coefficient (Wildman–Crippen LogP) is 4.46. The highest BCUT2D eigenvalue weighted by atomic mass is 32.2. The van der Waals surface area contributed by atoms with Crippen molar-refractivity contribution < 1.29 is 28.6 Å². The lowest BCUT2D eigenvalue weighted by molar-refractivity contribution is -0.113. The number of ether oxygens (including phenoxy) is 3. The number of ketones is 1. The van der Waals surface area contributed by atoms with E-state index in [2.05, 4.69) is 15.5 Å². The summed E-state index contributed by atoms with van der Waals surface area (Å²) in [5.41, 5.74) is 1.47. The molecule has 1 aromatic carbocycles. The minimum atomic E-state index is -0.578. The number of Topliss-reactive ketones (excluding diaryl/α,β-unsaturated/α-hetero) is 1. The van der Waals surface area contributed by atoms with Gasteiger partial charge >= 0.3 is 5.97 Å². The molecule has 2 heterocycles. The molecule has 0 aliphatic carbocycles. The maximum Gasteiger partial charge on any atom is 0.341 e. The van der Waals surface area contributed by atoms with Gasteiger partial charge in [-0.25, -0.2) is 4.79 Å². The molecule has 0 radical (unpaired) electrons. The summed E-state index contributed by atoms with van der Waals surface area (Å²) in [6, 6.07) is 5.44. The van der Waals surface area contributed by atoms with Gasteiger partial charge in [0.1, 0.15) is 16.5 Å². The van der Waals surface area contributed by atoms with Crippen molar-refractivity contribution in [3.05, 3.63) is 34.2 Å². The Morgan fingerprint density at radius 2 is 1.75 bits per heavy atom. The van der Waals surface area contributed by atoms with Gasteiger partial charge in [-0.1, -0.05) is 11.8 Å². The topological polar surface area (TPSA) is 122 Å². The average Bonchev–Trinajstić information content (AvgIpc) is 3.42. The largest absolute Gasteiger partial charge is 0.497 e. The van der Waals surface area contributed by atoms with Crippen LogP contribution in [0.15, 0.2) is 23.4 Å². The van der Waals surface area contributed by atoms with Crippen molar-refractivity contribution in [3.63, 3.8) is 0 Å². The summed E-state index contributed by atoms with van der Waals surface area (Å²) < 4.78 is 17.7. The molecule has 3 aromatic rings. The molecule has 0 saturated heterocycles. The lowest BCUT2D eigenvalue weighted by atomic mass is 10.1. The molecule has 192 valence electrons. The first-order valence-electron chi connectivity index (χ1n) is 11.1. The highest BCUT2D eigenvalue weighted by Gasteiger charge is 2.25. The molecule has 0 fully saturated rings. The number of aromatic nitrogens is 3. The number of anilines is 1. The molecular formula is C24H28N4O6S2. The standard InChI is InChI=1S/C24H28N4O6S2/c1-7-28-21(15-9-16(32-5)11-17(10-15)33-6)26-27-24(28)35-12-18(30)25-22-19(23(31)34-8-2)13(3)20(36-22)14(4)29/h9-11H,7-8,12H2,1-6H3,(H,25,30). The van der Waals surface area contributed by atoms with Gasteiger partial charge in [-0.3, -0.25) is 9.59 Å². The Kier molecular flexibility index (Phi) is 9.10. The lowest BCUT2D eigenvalue weighted by Crippen LogP contribution is -2.17. The fourth-order valence-electron chi connectivity index (χ4n) is 3.51. The highest BCUT2D eigenvalue weighted by Crippen LogP contribution is 2.35. The summed E-state index contributed by atoms with van der Waals surface area (Å²) in [6.45, 7) is 7.49. The van der Waals surface area contributed by atoms with Gasteiger partial charge < -0.3 is 24.1 Å². The second-order valence-electron chi connectivity index (χ2n) is 7.53. The fraction of sp³-hybridized carbons (Fsp3) is 0.375.